The van der Waals surface area contributed by atoms with Crippen molar-refractivity contribution in [2.75, 3.05) is 22.5 Å². The highest BCUT2D eigenvalue weighted by molar-refractivity contribution is 7.92. The Kier molecular flexibility index (Phi) is 4.26. The number of thiazole rings is 1. The van der Waals surface area contributed by atoms with E-state index in [-0.39, 0.29) is 28.6 Å². The van der Waals surface area contributed by atoms with Gasteiger partial charge in [0.15, 0.2) is 15.0 Å². The second-order valence-corrected chi connectivity index (χ2v) is 10.7. The second-order valence-electron chi connectivity index (χ2n) is 5.65. The van der Waals surface area contributed by atoms with Crippen LogP contribution < -0.4 is 10.0 Å². The molecule has 0 radical (unpaired) electrons. The molecule has 3 rings (SSSR count). The summed E-state index contributed by atoms with van der Waals surface area (Å²) in [5, 5.41) is 2.94. The topological polar surface area (TPSA) is 122 Å². The third-order valence-electron chi connectivity index (χ3n) is 3.49. The zero-order valence-corrected chi connectivity index (χ0v) is 15.1. The maximum atomic E-state index is 12.3. The minimum Gasteiger partial charge on any atom is -0.348 e. The molecule has 0 bridgehead atoms. The molecule has 1 atom stereocenters. The van der Waals surface area contributed by atoms with Gasteiger partial charge in [-0.15, -0.1) is 0 Å². The third kappa shape index (κ3) is 4.02. The van der Waals surface area contributed by atoms with Gasteiger partial charge in [-0.05, 0) is 24.6 Å². The van der Waals surface area contributed by atoms with E-state index in [2.05, 4.69) is 15.0 Å². The first kappa shape index (κ1) is 17.1. The summed E-state index contributed by atoms with van der Waals surface area (Å²) in [7, 11) is -6.48. The van der Waals surface area contributed by atoms with Crippen molar-refractivity contribution < 1.29 is 21.6 Å². The molecule has 0 aliphatic carbocycles. The Morgan fingerprint density at radius 1 is 1.38 bits per heavy atom. The molecule has 1 saturated heterocycles. The number of nitrogens with zero attached hydrogens (tertiary/aromatic N) is 1. The number of carbonyl (C=O) groups is 1. The molecule has 0 unspecified atom stereocenters. The number of sulfonamides is 1. The molecular formula is C13H15N3O5S3. The normalized spacial score (nSPS) is 20.1. The van der Waals surface area contributed by atoms with E-state index in [1.54, 1.807) is 18.2 Å². The fourth-order valence-electron chi connectivity index (χ4n) is 2.45. The molecule has 1 amide bonds. The smallest absolute Gasteiger partial charge is 0.251 e. The Balaban J connectivity index is 1.78. The van der Waals surface area contributed by atoms with Gasteiger partial charge in [-0.2, -0.15) is 0 Å². The highest BCUT2D eigenvalue weighted by Gasteiger charge is 2.29. The van der Waals surface area contributed by atoms with Gasteiger partial charge in [0.25, 0.3) is 5.91 Å². The van der Waals surface area contributed by atoms with E-state index in [0.717, 1.165) is 17.6 Å². The van der Waals surface area contributed by atoms with E-state index in [1.807, 2.05) is 0 Å². The van der Waals surface area contributed by atoms with Gasteiger partial charge in [0.2, 0.25) is 10.0 Å². The lowest BCUT2D eigenvalue weighted by atomic mass is 10.2. The molecule has 2 heterocycles. The van der Waals surface area contributed by atoms with E-state index in [0.29, 0.717) is 22.2 Å². The summed E-state index contributed by atoms with van der Waals surface area (Å²) < 4.78 is 48.3. The maximum Gasteiger partial charge on any atom is 0.251 e. The maximum absolute atomic E-state index is 12.3. The Hall–Kier alpha value is -1.72. The van der Waals surface area contributed by atoms with Crippen LogP contribution in [0.3, 0.4) is 0 Å². The van der Waals surface area contributed by atoms with Crippen LogP contribution in [0.5, 0.6) is 0 Å². The number of carbonyl (C=O) groups excluding carboxylic acids is 1. The highest BCUT2D eigenvalue weighted by Crippen LogP contribution is 2.27. The molecule has 1 aliphatic heterocycles. The summed E-state index contributed by atoms with van der Waals surface area (Å²) in [6, 6.07) is 4.44. The number of benzene rings is 1. The van der Waals surface area contributed by atoms with Crippen LogP contribution in [-0.4, -0.2) is 51.5 Å². The van der Waals surface area contributed by atoms with Gasteiger partial charge in [-0.1, -0.05) is 11.3 Å². The van der Waals surface area contributed by atoms with Crippen molar-refractivity contribution in [3.05, 3.63) is 23.8 Å². The lowest BCUT2D eigenvalue weighted by Gasteiger charge is -2.10. The van der Waals surface area contributed by atoms with Crippen LogP contribution in [0, 0.1) is 0 Å². The van der Waals surface area contributed by atoms with Gasteiger partial charge in [0, 0.05) is 11.6 Å². The van der Waals surface area contributed by atoms with Crippen molar-refractivity contribution in [3.63, 3.8) is 0 Å². The van der Waals surface area contributed by atoms with Crippen molar-refractivity contribution in [2.24, 2.45) is 0 Å². The first-order valence-corrected chi connectivity index (χ1v) is 11.5. The Morgan fingerprint density at radius 2 is 2.12 bits per heavy atom. The van der Waals surface area contributed by atoms with E-state index < -0.39 is 19.9 Å². The molecule has 1 aromatic carbocycles. The Bertz CT molecular complexity index is 1010. The number of amides is 1. The molecule has 0 saturated carbocycles. The molecule has 2 N–H and O–H groups in total. The minimum absolute atomic E-state index is 0.0377. The zero-order valence-electron chi connectivity index (χ0n) is 12.6. The molecule has 1 aromatic heterocycles. The number of fused-ring (bicyclic) bond motifs is 1. The lowest BCUT2D eigenvalue weighted by molar-refractivity contribution is 0.0941. The fourth-order valence-corrected chi connectivity index (χ4v) is 5.86. The van der Waals surface area contributed by atoms with Crippen LogP contribution in [-0.2, 0) is 19.9 Å². The average molecular weight is 389 g/mol. The van der Waals surface area contributed by atoms with Crippen molar-refractivity contribution in [1.82, 2.24) is 10.3 Å². The molecule has 1 aliphatic rings. The highest BCUT2D eigenvalue weighted by atomic mass is 32.2. The summed E-state index contributed by atoms with van der Waals surface area (Å²) in [5.41, 5.74) is 0.951. The van der Waals surface area contributed by atoms with E-state index in [4.69, 9.17) is 0 Å². The Morgan fingerprint density at radius 3 is 2.75 bits per heavy atom. The molecule has 11 heteroatoms. The zero-order chi connectivity index (χ0) is 17.5. The van der Waals surface area contributed by atoms with Crippen molar-refractivity contribution in [3.8, 4) is 0 Å². The van der Waals surface area contributed by atoms with Crippen LogP contribution in [0.15, 0.2) is 18.2 Å². The van der Waals surface area contributed by atoms with Crippen molar-refractivity contribution in [2.45, 2.75) is 12.5 Å². The summed E-state index contributed by atoms with van der Waals surface area (Å²) in [6.45, 7) is 0. The molecule has 8 nitrogen and oxygen atoms in total. The number of hydrogen-bond acceptors (Lipinski definition) is 7. The number of aromatic nitrogens is 1. The van der Waals surface area contributed by atoms with Gasteiger partial charge in [0.05, 0.1) is 28.0 Å². The van der Waals surface area contributed by atoms with Crippen LogP contribution in [0.2, 0.25) is 0 Å². The van der Waals surface area contributed by atoms with E-state index in [1.165, 1.54) is 0 Å². The number of sulfone groups is 1. The first-order valence-electron chi connectivity index (χ1n) is 7.01. The summed E-state index contributed by atoms with van der Waals surface area (Å²) in [4.78, 5) is 16.4. The summed E-state index contributed by atoms with van der Waals surface area (Å²) in [6.07, 6.45) is 1.45. The number of nitrogens with one attached hydrogen (secondary N) is 2. The average Bonchev–Trinajstić information content (AvgIpc) is 2.98. The molecule has 24 heavy (non-hydrogen) atoms. The predicted octanol–water partition coefficient (Wildman–Crippen LogP) is 0.585. The van der Waals surface area contributed by atoms with Gasteiger partial charge in [-0.25, -0.2) is 21.8 Å². The molecule has 0 spiro atoms. The standard InChI is InChI=1S/C13H15N3O5S3/c1-23(18,19)16-13-15-10-3-2-8(6-11(10)22-13)12(17)14-9-4-5-24(20,21)7-9/h2-3,6,9H,4-5,7H2,1H3,(H,14,17)(H,15,16)/t9-/m0/s1. The van der Waals surface area contributed by atoms with Gasteiger partial charge in [-0.3, -0.25) is 9.52 Å². The second kappa shape index (κ2) is 5.97. The van der Waals surface area contributed by atoms with Crippen molar-refractivity contribution >= 4 is 52.5 Å². The fraction of sp³-hybridized carbons (Fsp3) is 0.385. The quantitative estimate of drug-likeness (QED) is 0.789. The summed E-state index contributed by atoms with van der Waals surface area (Å²) in [5.74, 6) is -0.305. The molecule has 130 valence electrons. The molecule has 2 aromatic rings. The van der Waals surface area contributed by atoms with Crippen LogP contribution in [0.1, 0.15) is 16.8 Å². The molecule has 1 fully saturated rings. The van der Waals surface area contributed by atoms with E-state index in [9.17, 15) is 21.6 Å². The van der Waals surface area contributed by atoms with Crippen LogP contribution in [0.25, 0.3) is 10.2 Å². The number of hydrogen-bond donors (Lipinski definition) is 2. The Labute approximate surface area is 143 Å². The lowest BCUT2D eigenvalue weighted by Crippen LogP contribution is -2.35. The number of anilines is 1. The SMILES string of the molecule is CS(=O)(=O)Nc1nc2ccc(C(=O)N[C@H]3CCS(=O)(=O)C3)cc2s1. The van der Waals surface area contributed by atoms with Crippen LogP contribution >= 0.6 is 11.3 Å². The number of rotatable bonds is 4. The van der Waals surface area contributed by atoms with Gasteiger partial charge in [0.1, 0.15) is 0 Å². The van der Waals surface area contributed by atoms with Gasteiger partial charge >= 0.3 is 0 Å². The van der Waals surface area contributed by atoms with Gasteiger partial charge < -0.3 is 5.32 Å². The summed E-state index contributed by atoms with van der Waals surface area (Å²) >= 11 is 1.12. The van der Waals surface area contributed by atoms with Crippen LogP contribution in [0.4, 0.5) is 5.13 Å². The largest absolute Gasteiger partial charge is 0.348 e. The van der Waals surface area contributed by atoms with E-state index >= 15 is 0 Å². The predicted molar refractivity (Wildman–Crippen MR) is 92.6 cm³/mol. The minimum atomic E-state index is -3.42. The molecular weight excluding hydrogens is 374 g/mol. The third-order valence-corrected chi connectivity index (χ3v) is 6.89. The van der Waals surface area contributed by atoms with Crippen molar-refractivity contribution in [1.29, 1.82) is 0 Å². The monoisotopic (exact) mass is 389 g/mol. The first-order chi connectivity index (χ1) is 11.1.